The Hall–Kier alpha value is -2.32. The minimum Gasteiger partial charge on any atom is -0.335 e. The molecule has 2 aliphatic rings. The highest BCUT2D eigenvalue weighted by Crippen LogP contribution is 2.34. The fourth-order valence-corrected chi connectivity index (χ4v) is 6.79. The molecule has 1 atom stereocenters. The lowest BCUT2D eigenvalue weighted by Gasteiger charge is -2.28. The summed E-state index contributed by atoms with van der Waals surface area (Å²) < 4.78 is 25.9. The Morgan fingerprint density at radius 2 is 1.77 bits per heavy atom. The highest BCUT2D eigenvalue weighted by molar-refractivity contribution is 7.99. The summed E-state index contributed by atoms with van der Waals surface area (Å²) in [5, 5.41) is 0.769. The van der Waals surface area contributed by atoms with Gasteiger partial charge in [-0.25, -0.2) is 13.4 Å². The molecule has 0 unspecified atom stereocenters. The predicted octanol–water partition coefficient (Wildman–Crippen LogP) is 3.30. The average Bonchev–Trinajstić information content (AvgIpc) is 3.40. The van der Waals surface area contributed by atoms with Crippen molar-refractivity contribution in [3.63, 3.8) is 0 Å². The van der Waals surface area contributed by atoms with Gasteiger partial charge in [0.1, 0.15) is 0 Å². The van der Waals surface area contributed by atoms with Crippen LogP contribution in [0.2, 0.25) is 0 Å². The van der Waals surface area contributed by atoms with E-state index >= 15 is 0 Å². The Bertz CT molecular complexity index is 1190. The summed E-state index contributed by atoms with van der Waals surface area (Å²) >= 11 is 1.42. The molecule has 30 heavy (non-hydrogen) atoms. The molecule has 6 nitrogen and oxygen atoms in total. The fourth-order valence-electron chi connectivity index (χ4n) is 4.18. The summed E-state index contributed by atoms with van der Waals surface area (Å²) in [7, 11) is -3.02. The number of sulfone groups is 1. The number of aromatic nitrogens is 2. The molecule has 1 saturated heterocycles. The predicted molar refractivity (Wildman–Crippen MR) is 119 cm³/mol. The number of hydrogen-bond acceptors (Lipinski definition) is 5. The largest absolute Gasteiger partial charge is 0.335 e. The van der Waals surface area contributed by atoms with Crippen LogP contribution in [0.25, 0.3) is 16.7 Å². The fraction of sp³-hybridized carbons (Fsp3) is 0.364. The van der Waals surface area contributed by atoms with Crippen molar-refractivity contribution in [1.82, 2.24) is 14.5 Å². The molecule has 8 heteroatoms. The summed E-state index contributed by atoms with van der Waals surface area (Å²) in [4.78, 5) is 19.7. The van der Waals surface area contributed by atoms with E-state index in [1.165, 1.54) is 11.8 Å². The van der Waals surface area contributed by atoms with E-state index < -0.39 is 9.84 Å². The van der Waals surface area contributed by atoms with Gasteiger partial charge in [0, 0.05) is 17.8 Å². The van der Waals surface area contributed by atoms with Gasteiger partial charge in [0.05, 0.1) is 28.3 Å². The van der Waals surface area contributed by atoms with Crippen LogP contribution in [0.5, 0.6) is 0 Å². The third-order valence-corrected chi connectivity index (χ3v) is 8.37. The van der Waals surface area contributed by atoms with Gasteiger partial charge < -0.3 is 4.90 Å². The smallest absolute Gasteiger partial charge is 0.233 e. The molecule has 1 aliphatic carbocycles. The van der Waals surface area contributed by atoms with Gasteiger partial charge in [-0.15, -0.1) is 0 Å². The number of para-hydroxylation sites is 3. The summed E-state index contributed by atoms with van der Waals surface area (Å²) in [6, 6.07) is 18.0. The maximum Gasteiger partial charge on any atom is 0.233 e. The number of nitrogens with zero attached hydrogens (tertiary/aromatic N) is 3. The number of rotatable bonds is 6. The normalized spacial score (nSPS) is 20.5. The molecular weight excluding hydrogens is 418 g/mol. The molecule has 5 rings (SSSR count). The summed E-state index contributed by atoms with van der Waals surface area (Å²) in [5.41, 5.74) is 2.89. The molecule has 0 N–H and O–H groups in total. The third kappa shape index (κ3) is 3.86. The van der Waals surface area contributed by atoms with Gasteiger partial charge in [0.2, 0.25) is 5.91 Å². The second-order valence-electron chi connectivity index (χ2n) is 7.93. The van der Waals surface area contributed by atoms with Crippen molar-refractivity contribution >= 4 is 38.5 Å². The number of benzene rings is 2. The molecular formula is C22H23N3O3S2. The highest BCUT2D eigenvalue weighted by atomic mass is 32.2. The zero-order chi connectivity index (χ0) is 20.7. The molecule has 2 aromatic carbocycles. The van der Waals surface area contributed by atoms with Gasteiger partial charge in [0.25, 0.3) is 0 Å². The van der Waals surface area contributed by atoms with Gasteiger partial charge in [-0.2, -0.15) is 0 Å². The van der Waals surface area contributed by atoms with Gasteiger partial charge in [0.15, 0.2) is 15.0 Å². The standard InChI is InChI=1S/C22H23N3O3S2/c26-21(24(17-10-11-17)18-12-13-30(27,28)15-18)14-29-22-23-19-8-4-5-9-20(19)25(22)16-6-2-1-3-7-16/h1-9,17-18H,10-15H2/t18-/m1/s1. The summed E-state index contributed by atoms with van der Waals surface area (Å²) in [5.74, 6) is 0.549. The molecule has 0 spiro atoms. The molecule has 2 fully saturated rings. The topological polar surface area (TPSA) is 72.3 Å². The lowest BCUT2D eigenvalue weighted by molar-refractivity contribution is -0.130. The summed E-state index contributed by atoms with van der Waals surface area (Å²) in [6.45, 7) is 0. The zero-order valence-electron chi connectivity index (χ0n) is 16.5. The molecule has 0 radical (unpaired) electrons. The molecule has 1 aromatic heterocycles. The first kappa shape index (κ1) is 19.6. The molecule has 1 aliphatic heterocycles. The number of amides is 1. The number of carbonyl (C=O) groups is 1. The van der Waals surface area contributed by atoms with E-state index in [4.69, 9.17) is 4.98 Å². The van der Waals surface area contributed by atoms with Gasteiger partial charge >= 0.3 is 0 Å². The lowest BCUT2D eigenvalue weighted by Crippen LogP contribution is -2.43. The van der Waals surface area contributed by atoms with Crippen molar-refractivity contribution in [3.8, 4) is 5.69 Å². The van der Waals surface area contributed by atoms with Gasteiger partial charge in [-0.3, -0.25) is 9.36 Å². The molecule has 3 aromatic rings. The molecule has 156 valence electrons. The second-order valence-corrected chi connectivity index (χ2v) is 11.1. The Morgan fingerprint density at radius 3 is 2.47 bits per heavy atom. The number of imidazole rings is 1. The van der Waals surface area contributed by atoms with E-state index in [2.05, 4.69) is 4.57 Å². The van der Waals surface area contributed by atoms with Crippen molar-refractivity contribution in [2.24, 2.45) is 0 Å². The average molecular weight is 442 g/mol. The Kier molecular flexibility index (Phi) is 5.06. The molecule has 1 saturated carbocycles. The number of hydrogen-bond donors (Lipinski definition) is 0. The summed E-state index contributed by atoms with van der Waals surface area (Å²) in [6.07, 6.45) is 2.49. The zero-order valence-corrected chi connectivity index (χ0v) is 18.1. The van der Waals surface area contributed by atoms with Crippen molar-refractivity contribution in [2.45, 2.75) is 36.5 Å². The minimum absolute atomic E-state index is 0.0104. The van der Waals surface area contributed by atoms with E-state index in [1.54, 1.807) is 0 Å². The van der Waals surface area contributed by atoms with E-state index in [-0.39, 0.29) is 35.2 Å². The van der Waals surface area contributed by atoms with Crippen LogP contribution < -0.4 is 0 Å². The minimum atomic E-state index is -3.02. The van der Waals surface area contributed by atoms with Crippen molar-refractivity contribution in [3.05, 3.63) is 54.6 Å². The van der Waals surface area contributed by atoms with Crippen LogP contribution in [-0.2, 0) is 14.6 Å². The number of carbonyl (C=O) groups excluding carboxylic acids is 1. The van der Waals surface area contributed by atoms with E-state index in [1.807, 2.05) is 59.5 Å². The highest BCUT2D eigenvalue weighted by Gasteiger charge is 2.42. The van der Waals surface area contributed by atoms with Crippen LogP contribution in [0.4, 0.5) is 0 Å². The monoisotopic (exact) mass is 441 g/mol. The van der Waals surface area contributed by atoms with Gasteiger partial charge in [-0.1, -0.05) is 42.1 Å². The quantitative estimate of drug-likeness (QED) is 0.549. The maximum absolute atomic E-state index is 13.1. The SMILES string of the molecule is O=C(CSc1nc2ccccc2n1-c1ccccc1)N(C1CC1)[C@@H]1CCS(=O)(=O)C1. The van der Waals surface area contributed by atoms with E-state index in [0.717, 1.165) is 34.7 Å². The Labute approximate surface area is 180 Å². The first-order valence-electron chi connectivity index (χ1n) is 10.2. The first-order valence-corrected chi connectivity index (χ1v) is 13.0. The molecule has 1 amide bonds. The lowest BCUT2D eigenvalue weighted by atomic mass is 10.2. The van der Waals surface area contributed by atoms with Crippen LogP contribution in [-0.4, -0.2) is 58.1 Å². The Morgan fingerprint density at radius 1 is 1.03 bits per heavy atom. The van der Waals surface area contributed by atoms with Crippen molar-refractivity contribution in [2.75, 3.05) is 17.3 Å². The Balaban J connectivity index is 1.40. The van der Waals surface area contributed by atoms with Crippen molar-refractivity contribution < 1.29 is 13.2 Å². The molecule has 0 bridgehead atoms. The van der Waals surface area contributed by atoms with Crippen LogP contribution >= 0.6 is 11.8 Å². The number of fused-ring (bicyclic) bond motifs is 1. The maximum atomic E-state index is 13.1. The second kappa shape index (κ2) is 7.74. The molecule has 2 heterocycles. The van der Waals surface area contributed by atoms with Crippen LogP contribution in [0.15, 0.2) is 59.8 Å². The third-order valence-electron chi connectivity index (χ3n) is 5.70. The first-order chi connectivity index (χ1) is 14.5. The van der Waals surface area contributed by atoms with Crippen LogP contribution in [0.1, 0.15) is 19.3 Å². The number of thioether (sulfide) groups is 1. The van der Waals surface area contributed by atoms with Crippen LogP contribution in [0.3, 0.4) is 0 Å². The van der Waals surface area contributed by atoms with E-state index in [9.17, 15) is 13.2 Å². The van der Waals surface area contributed by atoms with Gasteiger partial charge in [-0.05, 0) is 43.5 Å². The van der Waals surface area contributed by atoms with Crippen molar-refractivity contribution in [1.29, 1.82) is 0 Å². The van der Waals surface area contributed by atoms with E-state index in [0.29, 0.717) is 6.42 Å². The van der Waals surface area contributed by atoms with Crippen LogP contribution in [0, 0.1) is 0 Å².